The van der Waals surface area contributed by atoms with Crippen LogP contribution in [0.3, 0.4) is 0 Å². The van der Waals surface area contributed by atoms with Gasteiger partial charge in [0.05, 0.1) is 5.52 Å². The van der Waals surface area contributed by atoms with Crippen LogP contribution in [0.2, 0.25) is 0 Å². The molecule has 1 aromatic carbocycles. The highest BCUT2D eigenvalue weighted by Crippen LogP contribution is 2.37. The summed E-state index contributed by atoms with van der Waals surface area (Å²) in [6, 6.07) is 5.90. The van der Waals surface area contributed by atoms with Gasteiger partial charge in [0, 0.05) is 10.6 Å². The number of aromatic nitrogens is 1. The summed E-state index contributed by atoms with van der Waals surface area (Å²) in [5.74, 6) is 1.58. The normalized spacial score (nSPS) is 15.8. The Morgan fingerprint density at radius 1 is 1.18 bits per heavy atom. The minimum absolute atomic E-state index is 0.282. The largest absolute Gasteiger partial charge is 0.495 e. The number of benzene rings is 1. The zero-order valence-electron chi connectivity index (χ0n) is 8.97. The Hall–Kier alpha value is -2.23. The third-order valence-corrected chi connectivity index (χ3v) is 2.99. The van der Waals surface area contributed by atoms with Crippen LogP contribution in [0.25, 0.3) is 23.2 Å². The molecule has 2 aliphatic heterocycles. The van der Waals surface area contributed by atoms with Crippen molar-refractivity contribution in [3.63, 3.8) is 0 Å². The molecule has 2 aliphatic rings. The first-order valence-corrected chi connectivity index (χ1v) is 5.43. The van der Waals surface area contributed by atoms with Crippen LogP contribution in [-0.2, 0) is 4.74 Å². The van der Waals surface area contributed by atoms with Gasteiger partial charge in [0.15, 0.2) is 11.5 Å². The van der Waals surface area contributed by atoms with E-state index in [1.807, 2.05) is 18.2 Å². The average Bonchev–Trinajstić information content (AvgIpc) is 2.85. The van der Waals surface area contributed by atoms with E-state index in [1.54, 1.807) is 6.26 Å². The van der Waals surface area contributed by atoms with Crippen LogP contribution in [-0.4, -0.2) is 18.4 Å². The van der Waals surface area contributed by atoms with E-state index in [0.717, 1.165) is 33.0 Å². The molecule has 0 atom stereocenters. The molecule has 17 heavy (non-hydrogen) atoms. The predicted molar refractivity (Wildman–Crippen MR) is 62.0 cm³/mol. The molecular formula is C13H9NO3. The Morgan fingerprint density at radius 3 is 3.18 bits per heavy atom. The Labute approximate surface area is 96.7 Å². The van der Waals surface area contributed by atoms with E-state index in [-0.39, 0.29) is 6.79 Å². The van der Waals surface area contributed by atoms with Gasteiger partial charge in [-0.05, 0) is 24.3 Å². The molecule has 4 heteroatoms. The van der Waals surface area contributed by atoms with Gasteiger partial charge >= 0.3 is 0 Å². The summed E-state index contributed by atoms with van der Waals surface area (Å²) in [6.07, 6.45) is 3.70. The van der Waals surface area contributed by atoms with Crippen molar-refractivity contribution in [2.75, 3.05) is 13.4 Å². The van der Waals surface area contributed by atoms with Crippen LogP contribution in [0.4, 0.5) is 0 Å². The summed E-state index contributed by atoms with van der Waals surface area (Å²) in [5.41, 5.74) is 0.892. The molecule has 0 N–H and O–H groups in total. The fourth-order valence-corrected chi connectivity index (χ4v) is 2.17. The van der Waals surface area contributed by atoms with Gasteiger partial charge in [-0.2, -0.15) is 0 Å². The Bertz CT molecular complexity index is 736. The van der Waals surface area contributed by atoms with Gasteiger partial charge in [0.2, 0.25) is 6.79 Å². The maximum atomic E-state index is 5.49. The second kappa shape index (κ2) is 3.13. The number of hydrogen-bond donors (Lipinski definition) is 0. The SMILES string of the molecule is C1=c2cc3c4c(ccc3nc2=COC1)OCO4. The molecule has 0 bridgehead atoms. The van der Waals surface area contributed by atoms with E-state index in [9.17, 15) is 0 Å². The van der Waals surface area contributed by atoms with Crippen molar-refractivity contribution in [2.24, 2.45) is 0 Å². The third-order valence-electron chi connectivity index (χ3n) is 2.99. The van der Waals surface area contributed by atoms with Crippen molar-refractivity contribution in [2.45, 2.75) is 0 Å². The Kier molecular flexibility index (Phi) is 1.63. The van der Waals surface area contributed by atoms with Gasteiger partial charge in [0.1, 0.15) is 18.2 Å². The Balaban J connectivity index is 2.17. The highest BCUT2D eigenvalue weighted by molar-refractivity contribution is 5.88. The van der Waals surface area contributed by atoms with Crippen molar-refractivity contribution in [3.8, 4) is 11.5 Å². The van der Waals surface area contributed by atoms with Gasteiger partial charge in [-0.3, -0.25) is 0 Å². The second-order valence-electron chi connectivity index (χ2n) is 3.98. The standard InChI is InChI=1S/C13H9NO3/c1-2-12-13(17-7-16-12)9-5-8-3-4-15-6-11(8)14-10(1)9/h1-3,5-6H,4,7H2. The van der Waals surface area contributed by atoms with Crippen LogP contribution in [0, 0.1) is 0 Å². The maximum Gasteiger partial charge on any atom is 0.231 e. The van der Waals surface area contributed by atoms with Gasteiger partial charge < -0.3 is 14.2 Å². The molecule has 0 radical (unpaired) electrons. The number of ether oxygens (including phenoxy) is 3. The molecule has 0 amide bonds. The Morgan fingerprint density at radius 2 is 2.18 bits per heavy atom. The topological polar surface area (TPSA) is 40.6 Å². The fraction of sp³-hybridized carbons (Fsp3) is 0.154. The van der Waals surface area contributed by atoms with Crippen molar-refractivity contribution < 1.29 is 14.2 Å². The van der Waals surface area contributed by atoms with Gasteiger partial charge in [-0.15, -0.1) is 0 Å². The molecule has 3 heterocycles. The lowest BCUT2D eigenvalue weighted by molar-refractivity contribution is 0.175. The van der Waals surface area contributed by atoms with Crippen molar-refractivity contribution in [1.29, 1.82) is 0 Å². The molecule has 0 fully saturated rings. The predicted octanol–water partition coefficient (Wildman–Crippen LogP) is 0.512. The van der Waals surface area contributed by atoms with Crippen LogP contribution in [0.15, 0.2) is 18.2 Å². The summed E-state index contributed by atoms with van der Waals surface area (Å²) in [5, 5.41) is 2.93. The summed E-state index contributed by atoms with van der Waals surface area (Å²) < 4.78 is 16.1. The minimum atomic E-state index is 0.282. The van der Waals surface area contributed by atoms with Crippen LogP contribution in [0.1, 0.15) is 0 Å². The fourth-order valence-electron chi connectivity index (χ4n) is 2.17. The molecule has 84 valence electrons. The highest BCUT2D eigenvalue weighted by atomic mass is 16.7. The van der Waals surface area contributed by atoms with E-state index < -0.39 is 0 Å². The van der Waals surface area contributed by atoms with Gasteiger partial charge in [0.25, 0.3) is 0 Å². The van der Waals surface area contributed by atoms with Crippen LogP contribution in [0.5, 0.6) is 11.5 Å². The average molecular weight is 227 g/mol. The molecule has 0 aliphatic carbocycles. The summed E-state index contributed by atoms with van der Waals surface area (Å²) in [4.78, 5) is 4.55. The number of rotatable bonds is 0. The first-order chi connectivity index (χ1) is 8.42. The maximum absolute atomic E-state index is 5.49. The van der Waals surface area contributed by atoms with Crippen molar-refractivity contribution in [1.82, 2.24) is 4.98 Å². The smallest absolute Gasteiger partial charge is 0.231 e. The van der Waals surface area contributed by atoms with Gasteiger partial charge in [-0.25, -0.2) is 4.98 Å². The van der Waals surface area contributed by atoms with Crippen molar-refractivity contribution >= 4 is 23.2 Å². The first kappa shape index (κ1) is 8.87. The molecular weight excluding hydrogens is 218 g/mol. The molecule has 2 aromatic rings. The summed E-state index contributed by atoms with van der Waals surface area (Å²) in [7, 11) is 0. The summed E-state index contributed by atoms with van der Waals surface area (Å²) in [6.45, 7) is 0.872. The molecule has 0 spiro atoms. The number of pyridine rings is 1. The molecule has 0 unspecified atom stereocenters. The second-order valence-corrected chi connectivity index (χ2v) is 3.98. The minimum Gasteiger partial charge on any atom is -0.495 e. The van der Waals surface area contributed by atoms with E-state index in [0.29, 0.717) is 6.61 Å². The lowest BCUT2D eigenvalue weighted by atomic mass is 10.1. The highest BCUT2D eigenvalue weighted by Gasteiger charge is 2.17. The lowest BCUT2D eigenvalue weighted by Gasteiger charge is -2.05. The zero-order chi connectivity index (χ0) is 11.2. The number of hydrogen-bond acceptors (Lipinski definition) is 4. The van der Waals surface area contributed by atoms with Crippen molar-refractivity contribution in [3.05, 3.63) is 28.8 Å². The van der Waals surface area contributed by atoms with Crippen LogP contribution >= 0.6 is 0 Å². The lowest BCUT2D eigenvalue weighted by Crippen LogP contribution is -2.31. The monoisotopic (exact) mass is 227 g/mol. The molecule has 0 saturated heterocycles. The van der Waals surface area contributed by atoms with E-state index >= 15 is 0 Å². The zero-order valence-corrected chi connectivity index (χ0v) is 8.97. The first-order valence-electron chi connectivity index (χ1n) is 5.43. The molecule has 1 aromatic heterocycles. The molecule has 0 saturated carbocycles. The van der Waals surface area contributed by atoms with E-state index in [1.165, 1.54) is 0 Å². The van der Waals surface area contributed by atoms with E-state index in [4.69, 9.17) is 14.2 Å². The number of fused-ring (bicyclic) bond motifs is 4. The third kappa shape index (κ3) is 1.21. The van der Waals surface area contributed by atoms with Gasteiger partial charge in [-0.1, -0.05) is 0 Å². The number of nitrogens with zero attached hydrogens (tertiary/aromatic N) is 1. The van der Waals surface area contributed by atoms with Crippen LogP contribution < -0.4 is 20.0 Å². The quantitative estimate of drug-likeness (QED) is 0.657. The van der Waals surface area contributed by atoms with E-state index in [2.05, 4.69) is 11.1 Å². The summed E-state index contributed by atoms with van der Waals surface area (Å²) >= 11 is 0. The molecule has 4 rings (SSSR count). The molecule has 4 nitrogen and oxygen atoms in total.